The zero-order valence-electron chi connectivity index (χ0n) is 7.56. The number of carboxylic acids is 1. The highest BCUT2D eigenvalue weighted by atomic mass is 19.4. The van der Waals surface area contributed by atoms with Crippen LogP contribution in [0, 0.1) is 0 Å². The molecule has 0 saturated heterocycles. The lowest BCUT2D eigenvalue weighted by molar-refractivity contribution is -0.137. The standard InChI is InChI=1S/C8H4F3N3O2/c9-8(10,11)5-2-1-4(7(15)16)3-6(5)13-14-12/h1-3H,(H,15,16). The summed E-state index contributed by atoms with van der Waals surface area (Å²) in [6, 6.07) is 2.03. The molecule has 0 unspecified atom stereocenters. The van der Waals surface area contributed by atoms with E-state index in [2.05, 4.69) is 10.0 Å². The Hall–Kier alpha value is -2.21. The largest absolute Gasteiger partial charge is 0.478 e. The van der Waals surface area contributed by atoms with Crippen LogP contribution >= 0.6 is 0 Å². The fourth-order valence-corrected chi connectivity index (χ4v) is 1.04. The van der Waals surface area contributed by atoms with Crippen molar-refractivity contribution in [1.29, 1.82) is 0 Å². The van der Waals surface area contributed by atoms with Gasteiger partial charge in [-0.15, -0.1) is 0 Å². The number of aromatic carboxylic acids is 1. The summed E-state index contributed by atoms with van der Waals surface area (Å²) < 4.78 is 37.1. The van der Waals surface area contributed by atoms with Crippen LogP contribution in [0.4, 0.5) is 18.9 Å². The molecule has 16 heavy (non-hydrogen) atoms. The molecule has 0 saturated carbocycles. The SMILES string of the molecule is [N-]=[N+]=Nc1cc(C(=O)O)ccc1C(F)(F)F. The number of alkyl halides is 3. The Kier molecular flexibility index (Phi) is 3.05. The highest BCUT2D eigenvalue weighted by Gasteiger charge is 2.33. The molecule has 0 bridgehead atoms. The molecule has 0 aromatic heterocycles. The second-order valence-electron chi connectivity index (χ2n) is 2.72. The molecule has 0 spiro atoms. The molecule has 5 nitrogen and oxygen atoms in total. The normalized spacial score (nSPS) is 10.7. The number of benzene rings is 1. The summed E-state index contributed by atoms with van der Waals surface area (Å²) >= 11 is 0. The van der Waals surface area contributed by atoms with Crippen molar-refractivity contribution in [2.75, 3.05) is 0 Å². The van der Waals surface area contributed by atoms with Gasteiger partial charge < -0.3 is 5.11 Å². The molecule has 0 radical (unpaired) electrons. The Morgan fingerprint density at radius 2 is 2.06 bits per heavy atom. The van der Waals surface area contributed by atoms with E-state index in [-0.39, 0.29) is 5.56 Å². The summed E-state index contributed by atoms with van der Waals surface area (Å²) in [5.41, 5.74) is 5.78. The molecule has 8 heteroatoms. The number of rotatable bonds is 2. The monoisotopic (exact) mass is 231 g/mol. The third-order valence-corrected chi connectivity index (χ3v) is 1.70. The van der Waals surface area contributed by atoms with Gasteiger partial charge >= 0.3 is 12.1 Å². The van der Waals surface area contributed by atoms with Gasteiger partial charge in [-0.3, -0.25) is 0 Å². The Bertz CT molecular complexity index is 478. The second-order valence-corrected chi connectivity index (χ2v) is 2.72. The maximum Gasteiger partial charge on any atom is 0.416 e. The van der Waals surface area contributed by atoms with Crippen molar-refractivity contribution in [3.8, 4) is 0 Å². The van der Waals surface area contributed by atoms with Gasteiger partial charge in [0.2, 0.25) is 0 Å². The minimum absolute atomic E-state index is 0.379. The van der Waals surface area contributed by atoms with Crippen LogP contribution in [0.25, 0.3) is 10.4 Å². The van der Waals surface area contributed by atoms with Gasteiger partial charge in [0.25, 0.3) is 0 Å². The van der Waals surface area contributed by atoms with Crippen LogP contribution in [-0.2, 0) is 6.18 Å². The smallest absolute Gasteiger partial charge is 0.416 e. The molecule has 0 heterocycles. The van der Waals surface area contributed by atoms with Gasteiger partial charge in [0.1, 0.15) is 0 Å². The molecular formula is C8H4F3N3O2. The highest BCUT2D eigenvalue weighted by Crippen LogP contribution is 2.36. The number of carboxylic acid groups (broad SMARTS) is 1. The first kappa shape index (κ1) is 11.9. The average molecular weight is 231 g/mol. The summed E-state index contributed by atoms with van der Waals surface area (Å²) in [5.74, 6) is -1.40. The van der Waals surface area contributed by atoms with Crippen molar-refractivity contribution in [2.24, 2.45) is 5.11 Å². The maximum atomic E-state index is 12.4. The van der Waals surface area contributed by atoms with Crippen LogP contribution in [0.5, 0.6) is 0 Å². The zero-order chi connectivity index (χ0) is 12.3. The van der Waals surface area contributed by atoms with E-state index in [0.29, 0.717) is 12.1 Å². The lowest BCUT2D eigenvalue weighted by atomic mass is 10.1. The minimum atomic E-state index is -4.69. The van der Waals surface area contributed by atoms with E-state index in [1.807, 2.05) is 0 Å². The van der Waals surface area contributed by atoms with E-state index < -0.39 is 23.4 Å². The Balaban J connectivity index is 3.42. The van der Waals surface area contributed by atoms with E-state index >= 15 is 0 Å². The van der Waals surface area contributed by atoms with Gasteiger partial charge in [0, 0.05) is 4.91 Å². The van der Waals surface area contributed by atoms with Gasteiger partial charge in [0.05, 0.1) is 16.8 Å². The topological polar surface area (TPSA) is 86.1 Å². The second kappa shape index (κ2) is 4.11. The maximum absolute atomic E-state index is 12.4. The summed E-state index contributed by atoms with van der Waals surface area (Å²) in [6.45, 7) is 0. The molecule has 0 aliphatic carbocycles. The Morgan fingerprint density at radius 1 is 1.44 bits per heavy atom. The summed E-state index contributed by atoms with van der Waals surface area (Å²) in [4.78, 5) is 12.7. The highest BCUT2D eigenvalue weighted by molar-refractivity contribution is 5.88. The number of halogens is 3. The van der Waals surface area contributed by atoms with E-state index in [0.717, 1.165) is 6.07 Å². The van der Waals surface area contributed by atoms with E-state index in [9.17, 15) is 18.0 Å². The summed E-state index contributed by atoms with van der Waals surface area (Å²) in [7, 11) is 0. The third-order valence-electron chi connectivity index (χ3n) is 1.70. The van der Waals surface area contributed by atoms with Crippen molar-refractivity contribution < 1.29 is 23.1 Å². The molecule has 0 aliphatic rings. The lowest BCUT2D eigenvalue weighted by Gasteiger charge is -2.09. The van der Waals surface area contributed by atoms with Gasteiger partial charge in [0.15, 0.2) is 0 Å². The molecule has 0 aliphatic heterocycles. The molecule has 1 aromatic carbocycles. The molecular weight excluding hydrogens is 227 g/mol. The van der Waals surface area contributed by atoms with Crippen LogP contribution < -0.4 is 0 Å². The van der Waals surface area contributed by atoms with Gasteiger partial charge in [-0.25, -0.2) is 4.79 Å². The minimum Gasteiger partial charge on any atom is -0.478 e. The third kappa shape index (κ3) is 2.43. The predicted octanol–water partition coefficient (Wildman–Crippen LogP) is 3.35. The van der Waals surface area contributed by atoms with Crippen molar-refractivity contribution in [1.82, 2.24) is 0 Å². The number of azide groups is 1. The number of carbonyl (C=O) groups is 1. The number of hydrogen-bond donors (Lipinski definition) is 1. The van der Waals surface area contributed by atoms with Gasteiger partial charge in [-0.1, -0.05) is 5.11 Å². The van der Waals surface area contributed by atoms with Crippen LogP contribution in [0.3, 0.4) is 0 Å². The van der Waals surface area contributed by atoms with Gasteiger partial charge in [-0.2, -0.15) is 13.2 Å². The summed E-state index contributed by atoms with van der Waals surface area (Å²) in [6.07, 6.45) is -4.69. The zero-order valence-corrected chi connectivity index (χ0v) is 7.56. The predicted molar refractivity (Wildman–Crippen MR) is 47.2 cm³/mol. The van der Waals surface area contributed by atoms with Gasteiger partial charge in [-0.05, 0) is 23.7 Å². The molecule has 0 atom stereocenters. The summed E-state index contributed by atoms with van der Waals surface area (Å²) in [5, 5.41) is 11.4. The average Bonchev–Trinajstić information content (AvgIpc) is 2.16. The lowest BCUT2D eigenvalue weighted by Crippen LogP contribution is -2.06. The van der Waals surface area contributed by atoms with Crippen molar-refractivity contribution in [3.63, 3.8) is 0 Å². The molecule has 1 rings (SSSR count). The van der Waals surface area contributed by atoms with Crippen LogP contribution in [0.1, 0.15) is 15.9 Å². The first-order chi connectivity index (χ1) is 7.36. The fourth-order valence-electron chi connectivity index (χ4n) is 1.04. The molecule has 0 amide bonds. The van der Waals surface area contributed by atoms with Crippen molar-refractivity contribution in [3.05, 3.63) is 39.8 Å². The van der Waals surface area contributed by atoms with Crippen LogP contribution in [-0.4, -0.2) is 11.1 Å². The molecule has 1 N–H and O–H groups in total. The quantitative estimate of drug-likeness (QED) is 0.480. The van der Waals surface area contributed by atoms with E-state index in [1.54, 1.807) is 0 Å². The fraction of sp³-hybridized carbons (Fsp3) is 0.125. The molecule has 84 valence electrons. The Morgan fingerprint density at radius 3 is 2.50 bits per heavy atom. The van der Waals surface area contributed by atoms with Crippen LogP contribution in [0.15, 0.2) is 23.3 Å². The number of hydrogen-bond acceptors (Lipinski definition) is 2. The van der Waals surface area contributed by atoms with Crippen molar-refractivity contribution in [2.45, 2.75) is 6.18 Å². The first-order valence-corrected chi connectivity index (χ1v) is 3.86. The first-order valence-electron chi connectivity index (χ1n) is 3.86. The van der Waals surface area contributed by atoms with Crippen LogP contribution in [0.2, 0.25) is 0 Å². The Labute approximate surface area is 86.7 Å². The molecule has 0 fully saturated rings. The van der Waals surface area contributed by atoms with E-state index in [4.69, 9.17) is 10.6 Å². The van der Waals surface area contributed by atoms with E-state index in [1.165, 1.54) is 0 Å². The molecule has 1 aromatic rings. The van der Waals surface area contributed by atoms with Crippen molar-refractivity contribution >= 4 is 11.7 Å². The number of nitrogens with zero attached hydrogens (tertiary/aromatic N) is 3.